The molecule has 4 nitrogen and oxygen atoms in total. The highest BCUT2D eigenvalue weighted by molar-refractivity contribution is 5.85. The number of amides is 1. The Morgan fingerprint density at radius 1 is 1.19 bits per heavy atom. The topological polar surface area (TPSA) is 55.6 Å². The van der Waals surface area contributed by atoms with Crippen LogP contribution in [0.5, 0.6) is 0 Å². The highest BCUT2D eigenvalue weighted by Crippen LogP contribution is 2.17. The van der Waals surface area contributed by atoms with Gasteiger partial charge in [-0.3, -0.25) is 4.79 Å². The summed E-state index contributed by atoms with van der Waals surface area (Å²) >= 11 is 0. The number of halogens is 1. The fourth-order valence-electron chi connectivity index (χ4n) is 2.26. The second-order valence-corrected chi connectivity index (χ2v) is 4.52. The summed E-state index contributed by atoms with van der Waals surface area (Å²) in [5.74, 6) is 0.182. The van der Waals surface area contributed by atoms with Crippen molar-refractivity contribution in [2.24, 2.45) is 5.73 Å². The van der Waals surface area contributed by atoms with Crippen molar-refractivity contribution in [2.45, 2.75) is 44.2 Å². The van der Waals surface area contributed by atoms with Crippen molar-refractivity contribution in [3.05, 3.63) is 0 Å². The molecule has 2 fully saturated rings. The number of carbonyl (C=O) groups is 1. The second-order valence-electron chi connectivity index (χ2n) is 4.52. The monoisotopic (exact) mass is 248 g/mol. The van der Waals surface area contributed by atoms with E-state index in [0.29, 0.717) is 0 Å². The molecule has 16 heavy (non-hydrogen) atoms. The zero-order valence-corrected chi connectivity index (χ0v) is 10.4. The van der Waals surface area contributed by atoms with Gasteiger partial charge in [0.1, 0.15) is 6.10 Å². The third-order valence-electron chi connectivity index (χ3n) is 3.31. The number of hydrogen-bond acceptors (Lipinski definition) is 3. The summed E-state index contributed by atoms with van der Waals surface area (Å²) in [5, 5.41) is 0. The normalized spacial score (nSPS) is 27.3. The highest BCUT2D eigenvalue weighted by atomic mass is 35.5. The Labute approximate surface area is 103 Å². The lowest BCUT2D eigenvalue weighted by Crippen LogP contribution is -2.48. The molecule has 0 spiro atoms. The van der Waals surface area contributed by atoms with Gasteiger partial charge in [0, 0.05) is 25.7 Å². The van der Waals surface area contributed by atoms with Crippen LogP contribution in [0.3, 0.4) is 0 Å². The van der Waals surface area contributed by atoms with Gasteiger partial charge in [-0.05, 0) is 32.1 Å². The molecule has 2 aliphatic heterocycles. The van der Waals surface area contributed by atoms with E-state index in [1.54, 1.807) is 0 Å². The molecule has 1 atom stereocenters. The largest absolute Gasteiger partial charge is 0.368 e. The van der Waals surface area contributed by atoms with E-state index in [1.807, 2.05) is 4.90 Å². The van der Waals surface area contributed by atoms with Crippen molar-refractivity contribution in [1.82, 2.24) is 4.90 Å². The van der Waals surface area contributed by atoms with E-state index in [-0.39, 0.29) is 30.5 Å². The van der Waals surface area contributed by atoms with Crippen molar-refractivity contribution in [3.8, 4) is 0 Å². The van der Waals surface area contributed by atoms with Gasteiger partial charge in [0.25, 0.3) is 5.91 Å². The van der Waals surface area contributed by atoms with Crippen molar-refractivity contribution in [1.29, 1.82) is 0 Å². The Morgan fingerprint density at radius 3 is 2.44 bits per heavy atom. The average Bonchev–Trinajstić information content (AvgIpc) is 2.30. The Balaban J connectivity index is 0.00000128. The SMILES string of the molecule is Cl.NC1CCN(C(=O)C2CCCCO2)CC1. The summed E-state index contributed by atoms with van der Waals surface area (Å²) < 4.78 is 5.50. The third kappa shape index (κ3) is 3.34. The summed E-state index contributed by atoms with van der Waals surface area (Å²) in [6, 6.07) is 0.279. The second kappa shape index (κ2) is 6.42. The van der Waals surface area contributed by atoms with Gasteiger partial charge in [-0.15, -0.1) is 12.4 Å². The molecule has 0 aliphatic carbocycles. The van der Waals surface area contributed by atoms with Gasteiger partial charge in [0.2, 0.25) is 0 Å². The molecule has 0 bridgehead atoms. The quantitative estimate of drug-likeness (QED) is 0.751. The van der Waals surface area contributed by atoms with Gasteiger partial charge in [-0.25, -0.2) is 0 Å². The fourth-order valence-corrected chi connectivity index (χ4v) is 2.26. The Bertz CT molecular complexity index is 224. The molecule has 2 aliphatic rings. The molecule has 1 unspecified atom stereocenters. The van der Waals surface area contributed by atoms with Crippen LogP contribution in [-0.2, 0) is 9.53 Å². The van der Waals surface area contributed by atoms with E-state index in [9.17, 15) is 4.79 Å². The maximum Gasteiger partial charge on any atom is 0.251 e. The van der Waals surface area contributed by atoms with Gasteiger partial charge in [-0.2, -0.15) is 0 Å². The number of likely N-dealkylation sites (tertiary alicyclic amines) is 1. The molecule has 94 valence electrons. The number of nitrogens with zero attached hydrogens (tertiary/aromatic N) is 1. The average molecular weight is 249 g/mol. The maximum atomic E-state index is 12.0. The van der Waals surface area contributed by atoms with Crippen molar-refractivity contribution >= 4 is 18.3 Å². The van der Waals surface area contributed by atoms with Crippen molar-refractivity contribution < 1.29 is 9.53 Å². The van der Waals surface area contributed by atoms with Gasteiger partial charge < -0.3 is 15.4 Å². The van der Waals surface area contributed by atoms with Crippen LogP contribution in [0.1, 0.15) is 32.1 Å². The summed E-state index contributed by atoms with van der Waals surface area (Å²) in [6.07, 6.45) is 4.78. The van der Waals surface area contributed by atoms with E-state index < -0.39 is 0 Å². The molecule has 2 rings (SSSR count). The zero-order valence-electron chi connectivity index (χ0n) is 9.56. The molecule has 2 heterocycles. The van der Waals surface area contributed by atoms with E-state index >= 15 is 0 Å². The molecular formula is C11H21ClN2O2. The Kier molecular flexibility index (Phi) is 5.52. The van der Waals surface area contributed by atoms with Crippen molar-refractivity contribution in [3.63, 3.8) is 0 Å². The fraction of sp³-hybridized carbons (Fsp3) is 0.909. The molecule has 0 saturated carbocycles. The number of piperidine rings is 1. The lowest BCUT2D eigenvalue weighted by molar-refractivity contribution is -0.147. The lowest BCUT2D eigenvalue weighted by Gasteiger charge is -2.33. The Morgan fingerprint density at radius 2 is 1.88 bits per heavy atom. The highest BCUT2D eigenvalue weighted by Gasteiger charge is 2.28. The number of hydrogen-bond donors (Lipinski definition) is 1. The van der Waals surface area contributed by atoms with Crippen LogP contribution in [0.25, 0.3) is 0 Å². The summed E-state index contributed by atoms with van der Waals surface area (Å²) in [5.41, 5.74) is 5.81. The molecule has 0 aromatic heterocycles. The minimum absolute atomic E-state index is 0. The first kappa shape index (κ1) is 13.7. The number of carbonyl (C=O) groups excluding carboxylic acids is 1. The molecule has 5 heteroatoms. The van der Waals surface area contributed by atoms with Gasteiger partial charge >= 0.3 is 0 Å². The van der Waals surface area contributed by atoms with Crippen LogP contribution in [0, 0.1) is 0 Å². The van der Waals surface area contributed by atoms with Crippen molar-refractivity contribution in [2.75, 3.05) is 19.7 Å². The van der Waals surface area contributed by atoms with Crippen LogP contribution in [0.15, 0.2) is 0 Å². The van der Waals surface area contributed by atoms with Crippen LogP contribution in [0.2, 0.25) is 0 Å². The molecule has 2 N–H and O–H groups in total. The molecular weight excluding hydrogens is 228 g/mol. The smallest absolute Gasteiger partial charge is 0.251 e. The zero-order chi connectivity index (χ0) is 10.7. The van der Waals surface area contributed by atoms with Crippen LogP contribution >= 0.6 is 12.4 Å². The first-order chi connectivity index (χ1) is 7.27. The van der Waals surface area contributed by atoms with Crippen LogP contribution in [0.4, 0.5) is 0 Å². The predicted molar refractivity (Wildman–Crippen MR) is 64.6 cm³/mol. The van der Waals surface area contributed by atoms with Gasteiger partial charge in [0.05, 0.1) is 0 Å². The van der Waals surface area contributed by atoms with Gasteiger partial charge in [0.15, 0.2) is 0 Å². The predicted octanol–water partition coefficient (Wildman–Crippen LogP) is 0.927. The third-order valence-corrected chi connectivity index (χ3v) is 3.31. The first-order valence-corrected chi connectivity index (χ1v) is 5.93. The first-order valence-electron chi connectivity index (χ1n) is 5.93. The molecule has 0 aromatic rings. The molecule has 0 aromatic carbocycles. The summed E-state index contributed by atoms with van der Waals surface area (Å²) in [4.78, 5) is 13.9. The van der Waals surface area contributed by atoms with Crippen LogP contribution < -0.4 is 5.73 Å². The molecule has 0 radical (unpaired) electrons. The Hall–Kier alpha value is -0.320. The molecule has 2 saturated heterocycles. The van der Waals surface area contributed by atoms with E-state index in [1.165, 1.54) is 0 Å². The van der Waals surface area contributed by atoms with E-state index in [4.69, 9.17) is 10.5 Å². The summed E-state index contributed by atoms with van der Waals surface area (Å²) in [7, 11) is 0. The number of ether oxygens (including phenoxy) is 1. The number of rotatable bonds is 1. The minimum atomic E-state index is -0.173. The standard InChI is InChI=1S/C11H20N2O2.ClH/c12-9-4-6-13(7-5-9)11(14)10-3-1-2-8-15-10;/h9-10H,1-8,12H2;1H. The van der Waals surface area contributed by atoms with Gasteiger partial charge in [-0.1, -0.05) is 0 Å². The minimum Gasteiger partial charge on any atom is -0.368 e. The lowest BCUT2D eigenvalue weighted by atomic mass is 10.0. The summed E-state index contributed by atoms with van der Waals surface area (Å²) in [6.45, 7) is 2.35. The number of nitrogens with two attached hydrogens (primary N) is 1. The molecule has 1 amide bonds. The van der Waals surface area contributed by atoms with E-state index in [0.717, 1.165) is 51.8 Å². The van der Waals surface area contributed by atoms with Crippen LogP contribution in [-0.4, -0.2) is 42.6 Å². The van der Waals surface area contributed by atoms with E-state index in [2.05, 4.69) is 0 Å². The maximum absolute atomic E-state index is 12.0.